The minimum atomic E-state index is -3.44. The fourth-order valence-electron chi connectivity index (χ4n) is 2.20. The van der Waals surface area contributed by atoms with Crippen molar-refractivity contribution in [1.29, 1.82) is 0 Å². The Kier molecular flexibility index (Phi) is 4.13. The van der Waals surface area contributed by atoms with Crippen LogP contribution in [0, 0.1) is 0 Å². The Morgan fingerprint density at radius 2 is 2.26 bits per heavy atom. The summed E-state index contributed by atoms with van der Waals surface area (Å²) in [7, 11) is -3.44. The molecule has 1 aliphatic rings. The molecule has 5 nitrogen and oxygen atoms in total. The molecule has 1 aromatic heterocycles. The molecule has 0 aromatic carbocycles. The second-order valence-electron chi connectivity index (χ2n) is 4.75. The Hall–Kier alpha value is -1.11. The highest BCUT2D eigenvalue weighted by Crippen LogP contribution is 2.32. The number of rotatable bonds is 7. The van der Waals surface area contributed by atoms with E-state index < -0.39 is 10.0 Å². The number of hydrogen-bond acceptors (Lipinski definition) is 3. The summed E-state index contributed by atoms with van der Waals surface area (Å²) in [5.74, 6) is 0. The molecule has 1 aliphatic carbocycles. The van der Waals surface area contributed by atoms with Crippen molar-refractivity contribution in [3.63, 3.8) is 0 Å². The summed E-state index contributed by atoms with van der Waals surface area (Å²) < 4.78 is 28.7. The van der Waals surface area contributed by atoms with Gasteiger partial charge in [-0.2, -0.15) is 4.31 Å². The van der Waals surface area contributed by atoms with Gasteiger partial charge >= 0.3 is 0 Å². The van der Waals surface area contributed by atoms with Crippen LogP contribution in [0.15, 0.2) is 29.8 Å². The van der Waals surface area contributed by atoms with Gasteiger partial charge in [-0.15, -0.1) is 6.58 Å². The van der Waals surface area contributed by atoms with Crippen molar-refractivity contribution in [2.75, 3.05) is 6.54 Å². The molecule has 0 radical (unpaired) electrons. The summed E-state index contributed by atoms with van der Waals surface area (Å²) in [5, 5.41) is 0. The van der Waals surface area contributed by atoms with Crippen molar-refractivity contribution in [3.8, 4) is 0 Å². The Morgan fingerprint density at radius 3 is 2.68 bits per heavy atom. The molecule has 1 aromatic rings. The molecule has 1 saturated carbocycles. The fourth-order valence-corrected chi connectivity index (χ4v) is 3.92. The number of nitrogens with zero attached hydrogens (tertiary/aromatic N) is 2. The van der Waals surface area contributed by atoms with Crippen molar-refractivity contribution < 1.29 is 8.42 Å². The summed E-state index contributed by atoms with van der Waals surface area (Å²) in [6.45, 7) is 7.03. The van der Waals surface area contributed by atoms with E-state index in [1.54, 1.807) is 18.3 Å². The minimum Gasteiger partial charge on any atom is -0.349 e. The lowest BCUT2D eigenvalue weighted by Gasteiger charge is -2.19. The van der Waals surface area contributed by atoms with Crippen LogP contribution in [0.3, 0.4) is 0 Å². The van der Waals surface area contributed by atoms with Gasteiger partial charge < -0.3 is 10.3 Å². The highest BCUT2D eigenvalue weighted by atomic mass is 32.2. The molecule has 0 amide bonds. The predicted octanol–water partition coefficient (Wildman–Crippen LogP) is 1.31. The summed E-state index contributed by atoms with van der Waals surface area (Å²) in [5.41, 5.74) is 6.49. The van der Waals surface area contributed by atoms with Gasteiger partial charge in [-0.3, -0.25) is 0 Å². The monoisotopic (exact) mass is 283 g/mol. The van der Waals surface area contributed by atoms with E-state index in [0.29, 0.717) is 24.5 Å². The van der Waals surface area contributed by atoms with Crippen molar-refractivity contribution in [2.24, 2.45) is 5.73 Å². The first-order valence-electron chi connectivity index (χ1n) is 6.56. The van der Waals surface area contributed by atoms with Gasteiger partial charge in [-0.1, -0.05) is 6.08 Å². The zero-order chi connectivity index (χ0) is 14.0. The normalized spacial score (nSPS) is 15.9. The first-order chi connectivity index (χ1) is 9.04. The Bertz CT molecular complexity index is 537. The van der Waals surface area contributed by atoms with Crippen molar-refractivity contribution >= 4 is 10.0 Å². The quantitative estimate of drug-likeness (QED) is 0.767. The highest BCUT2D eigenvalue weighted by molar-refractivity contribution is 7.89. The smallest absolute Gasteiger partial charge is 0.245 e. The van der Waals surface area contributed by atoms with Crippen LogP contribution in [0.2, 0.25) is 0 Å². The number of nitrogens with two attached hydrogens (primary N) is 1. The molecule has 2 N–H and O–H groups in total. The van der Waals surface area contributed by atoms with Gasteiger partial charge in [-0.25, -0.2) is 8.42 Å². The standard InChI is InChI=1S/C13H21N3O2S/c1-3-7-16(11-5-6-11)19(17,18)13-8-12(9-14)15(4-2)10-13/h3,8,10-11H,1,4-7,9,14H2,2H3. The van der Waals surface area contributed by atoms with Gasteiger partial charge in [0.15, 0.2) is 0 Å². The molecule has 0 unspecified atom stereocenters. The molecule has 106 valence electrons. The van der Waals surface area contributed by atoms with E-state index in [0.717, 1.165) is 18.5 Å². The third-order valence-electron chi connectivity index (χ3n) is 3.38. The summed E-state index contributed by atoms with van der Waals surface area (Å²) in [6.07, 6.45) is 5.18. The SMILES string of the molecule is C=CCN(C1CC1)S(=O)(=O)c1cc(CN)n(CC)c1. The van der Waals surface area contributed by atoms with Crippen LogP contribution in [0.25, 0.3) is 0 Å². The maximum absolute atomic E-state index is 12.6. The van der Waals surface area contributed by atoms with Gasteiger partial charge in [0.25, 0.3) is 0 Å². The molecule has 2 rings (SSSR count). The molecule has 0 atom stereocenters. The maximum atomic E-state index is 12.6. The summed E-state index contributed by atoms with van der Waals surface area (Å²) >= 11 is 0. The van der Waals surface area contributed by atoms with Crippen LogP contribution in [0.4, 0.5) is 0 Å². The van der Waals surface area contributed by atoms with Crippen molar-refractivity contribution in [3.05, 3.63) is 30.6 Å². The second-order valence-corrected chi connectivity index (χ2v) is 6.64. The lowest BCUT2D eigenvalue weighted by molar-refractivity contribution is 0.436. The van der Waals surface area contributed by atoms with Crippen LogP contribution < -0.4 is 5.73 Å². The van der Waals surface area contributed by atoms with E-state index in [-0.39, 0.29) is 6.04 Å². The van der Waals surface area contributed by atoms with Gasteiger partial charge in [0, 0.05) is 37.6 Å². The molecule has 0 saturated heterocycles. The topological polar surface area (TPSA) is 68.3 Å². The molecule has 1 heterocycles. The van der Waals surface area contributed by atoms with Crippen LogP contribution in [-0.4, -0.2) is 29.9 Å². The first kappa shape index (κ1) is 14.3. The summed E-state index contributed by atoms with van der Waals surface area (Å²) in [6, 6.07) is 1.81. The highest BCUT2D eigenvalue weighted by Gasteiger charge is 2.37. The Labute approximate surface area is 114 Å². The molecular formula is C13H21N3O2S. The van der Waals surface area contributed by atoms with Crippen LogP contribution in [0.1, 0.15) is 25.5 Å². The molecule has 0 spiro atoms. The Morgan fingerprint density at radius 1 is 1.58 bits per heavy atom. The minimum absolute atomic E-state index is 0.134. The average Bonchev–Trinajstić information content (AvgIpc) is 3.12. The van der Waals surface area contributed by atoms with Crippen LogP contribution in [0.5, 0.6) is 0 Å². The van der Waals surface area contributed by atoms with E-state index in [1.807, 2.05) is 11.5 Å². The van der Waals surface area contributed by atoms with Crippen molar-refractivity contribution in [2.45, 2.75) is 43.8 Å². The maximum Gasteiger partial charge on any atom is 0.245 e. The molecule has 19 heavy (non-hydrogen) atoms. The zero-order valence-electron chi connectivity index (χ0n) is 11.2. The van der Waals surface area contributed by atoms with E-state index in [1.165, 1.54) is 4.31 Å². The Balaban J connectivity index is 2.37. The van der Waals surface area contributed by atoms with E-state index in [2.05, 4.69) is 6.58 Å². The van der Waals surface area contributed by atoms with Gasteiger partial charge in [0.05, 0.1) is 0 Å². The molecule has 1 fully saturated rings. The number of aromatic nitrogens is 1. The largest absolute Gasteiger partial charge is 0.349 e. The predicted molar refractivity (Wildman–Crippen MR) is 75.1 cm³/mol. The third kappa shape index (κ3) is 2.75. The number of sulfonamides is 1. The van der Waals surface area contributed by atoms with Crippen LogP contribution >= 0.6 is 0 Å². The number of aryl methyl sites for hydroxylation is 1. The average molecular weight is 283 g/mol. The third-order valence-corrected chi connectivity index (χ3v) is 5.26. The van der Waals surface area contributed by atoms with Crippen molar-refractivity contribution in [1.82, 2.24) is 8.87 Å². The van der Waals surface area contributed by atoms with E-state index >= 15 is 0 Å². The van der Waals surface area contributed by atoms with Gasteiger partial charge in [0.1, 0.15) is 4.90 Å². The van der Waals surface area contributed by atoms with Gasteiger partial charge in [0.2, 0.25) is 10.0 Å². The lowest BCUT2D eigenvalue weighted by Crippen LogP contribution is -2.33. The van der Waals surface area contributed by atoms with Crippen LogP contribution in [-0.2, 0) is 23.1 Å². The van der Waals surface area contributed by atoms with E-state index in [4.69, 9.17) is 5.73 Å². The molecular weight excluding hydrogens is 262 g/mol. The molecule has 0 aliphatic heterocycles. The second kappa shape index (κ2) is 5.48. The fraction of sp³-hybridized carbons (Fsp3) is 0.538. The number of hydrogen-bond donors (Lipinski definition) is 1. The molecule has 0 bridgehead atoms. The first-order valence-corrected chi connectivity index (χ1v) is 8.00. The van der Waals surface area contributed by atoms with Gasteiger partial charge in [-0.05, 0) is 25.8 Å². The summed E-state index contributed by atoms with van der Waals surface area (Å²) in [4.78, 5) is 0.337. The zero-order valence-corrected chi connectivity index (χ0v) is 12.1. The lowest BCUT2D eigenvalue weighted by atomic mass is 10.4. The van der Waals surface area contributed by atoms with E-state index in [9.17, 15) is 8.42 Å². The molecule has 6 heteroatoms.